The second-order valence-electron chi connectivity index (χ2n) is 8.53. The molecule has 0 amide bonds. The van der Waals surface area contributed by atoms with Crippen LogP contribution in [0.3, 0.4) is 0 Å². The Hall–Kier alpha value is -2.53. The van der Waals surface area contributed by atoms with Crippen molar-refractivity contribution in [3.63, 3.8) is 0 Å². The van der Waals surface area contributed by atoms with Crippen molar-refractivity contribution < 1.29 is 14.4 Å². The molecule has 0 radical (unpaired) electrons. The molecule has 1 fully saturated rings. The van der Waals surface area contributed by atoms with Crippen LogP contribution in [0.15, 0.2) is 53.1 Å². The normalized spacial score (nSPS) is 14.8. The number of thioether (sulfide) groups is 1. The fourth-order valence-corrected chi connectivity index (χ4v) is 4.86. The van der Waals surface area contributed by atoms with Crippen molar-refractivity contribution in [2.45, 2.75) is 44.8 Å². The minimum atomic E-state index is -0.718. The number of hydrogen-bond acceptors (Lipinski definition) is 4. The van der Waals surface area contributed by atoms with Gasteiger partial charge in [-0.15, -0.1) is 0 Å². The quantitative estimate of drug-likeness (QED) is 0.461. The zero-order valence-electron chi connectivity index (χ0n) is 17.6. The van der Waals surface area contributed by atoms with Crippen LogP contribution in [0.4, 0.5) is 0 Å². The van der Waals surface area contributed by atoms with Crippen molar-refractivity contribution in [2.24, 2.45) is 5.92 Å². The lowest BCUT2D eigenvalue weighted by molar-refractivity contribution is -0.140. The molecular weight excluding hydrogens is 394 g/mol. The first-order chi connectivity index (χ1) is 14.4. The van der Waals surface area contributed by atoms with Gasteiger partial charge in [0.15, 0.2) is 5.76 Å². The van der Waals surface area contributed by atoms with E-state index in [9.17, 15) is 9.90 Å². The summed E-state index contributed by atoms with van der Waals surface area (Å²) in [6.07, 6.45) is 1.45. The molecule has 156 valence electrons. The maximum atomic E-state index is 11.5. The van der Waals surface area contributed by atoms with Gasteiger partial charge in [0.1, 0.15) is 0 Å². The molecule has 1 heterocycles. The molecule has 4 rings (SSSR count). The maximum absolute atomic E-state index is 11.5. The molecule has 0 unspecified atom stereocenters. The molecule has 1 N–H and O–H groups in total. The lowest BCUT2D eigenvalue weighted by Crippen LogP contribution is -2.19. The third-order valence-electron chi connectivity index (χ3n) is 5.76. The van der Waals surface area contributed by atoms with E-state index in [0.717, 1.165) is 58.1 Å². The smallest absolute Gasteiger partial charge is 0.314 e. The monoisotopic (exact) mass is 421 g/mol. The molecule has 30 heavy (non-hydrogen) atoms. The number of aryl methyl sites for hydroxylation is 1. The number of benzene rings is 2. The highest BCUT2D eigenvalue weighted by Gasteiger charge is 2.51. The summed E-state index contributed by atoms with van der Waals surface area (Å²) in [7, 11) is 0. The summed E-state index contributed by atoms with van der Waals surface area (Å²) in [5.74, 6) is 2.81. The number of nitrogens with zero attached hydrogens (tertiary/aromatic N) is 1. The van der Waals surface area contributed by atoms with Crippen LogP contribution >= 0.6 is 11.8 Å². The molecule has 5 heteroatoms. The van der Waals surface area contributed by atoms with Crippen molar-refractivity contribution >= 4 is 17.7 Å². The Kier molecular flexibility index (Phi) is 5.74. The topological polar surface area (TPSA) is 63.3 Å². The van der Waals surface area contributed by atoms with Gasteiger partial charge in [0, 0.05) is 16.9 Å². The summed E-state index contributed by atoms with van der Waals surface area (Å²) in [6, 6.07) is 16.2. The third kappa shape index (κ3) is 4.04. The molecule has 1 aromatic heterocycles. The highest BCUT2D eigenvalue weighted by atomic mass is 32.2. The SMILES string of the molecule is Cc1noc(-c2ccc(-c3ccc(C4(C(=O)O)CC4)cc3)cc2)c1CSCC(C)C. The van der Waals surface area contributed by atoms with Gasteiger partial charge >= 0.3 is 5.97 Å². The fourth-order valence-electron chi connectivity index (χ4n) is 3.73. The number of carboxylic acids is 1. The summed E-state index contributed by atoms with van der Waals surface area (Å²) in [6.45, 7) is 6.45. The number of carboxylic acid groups (broad SMARTS) is 1. The molecule has 0 spiro atoms. The summed E-state index contributed by atoms with van der Waals surface area (Å²) >= 11 is 1.91. The number of rotatable bonds is 8. The van der Waals surface area contributed by atoms with Crippen LogP contribution in [0.5, 0.6) is 0 Å². The van der Waals surface area contributed by atoms with Crippen LogP contribution in [0.25, 0.3) is 22.5 Å². The van der Waals surface area contributed by atoms with Crippen molar-refractivity contribution in [2.75, 3.05) is 5.75 Å². The molecule has 1 saturated carbocycles. The van der Waals surface area contributed by atoms with Gasteiger partial charge in [-0.3, -0.25) is 4.79 Å². The lowest BCUT2D eigenvalue weighted by atomic mass is 9.93. The average molecular weight is 422 g/mol. The van der Waals surface area contributed by atoms with Crippen molar-refractivity contribution in [3.8, 4) is 22.5 Å². The summed E-state index contributed by atoms with van der Waals surface area (Å²) in [4.78, 5) is 11.5. The van der Waals surface area contributed by atoms with E-state index < -0.39 is 11.4 Å². The summed E-state index contributed by atoms with van der Waals surface area (Å²) in [5.41, 5.74) is 5.56. The zero-order chi connectivity index (χ0) is 21.3. The maximum Gasteiger partial charge on any atom is 0.314 e. The minimum absolute atomic E-state index is 0.656. The van der Waals surface area contributed by atoms with E-state index in [2.05, 4.69) is 43.3 Å². The number of aliphatic carboxylic acids is 1. The van der Waals surface area contributed by atoms with E-state index in [-0.39, 0.29) is 0 Å². The molecule has 0 aliphatic heterocycles. The Morgan fingerprint density at radius 2 is 1.63 bits per heavy atom. The van der Waals surface area contributed by atoms with Gasteiger partial charge in [0.2, 0.25) is 0 Å². The third-order valence-corrected chi connectivity index (χ3v) is 7.15. The van der Waals surface area contributed by atoms with Gasteiger partial charge in [-0.2, -0.15) is 11.8 Å². The molecule has 4 nitrogen and oxygen atoms in total. The van der Waals surface area contributed by atoms with E-state index in [1.54, 1.807) is 0 Å². The second kappa shape index (κ2) is 8.31. The Labute approximate surface area is 181 Å². The highest BCUT2D eigenvalue weighted by molar-refractivity contribution is 7.98. The molecular formula is C25H27NO3S. The Bertz CT molecular complexity index is 1030. The molecule has 1 aliphatic rings. The van der Waals surface area contributed by atoms with Gasteiger partial charge in [0.25, 0.3) is 0 Å². The second-order valence-corrected chi connectivity index (χ2v) is 9.56. The van der Waals surface area contributed by atoms with Crippen LogP contribution in [0.1, 0.15) is 43.5 Å². The molecule has 3 aromatic rings. The Morgan fingerprint density at radius 3 is 2.17 bits per heavy atom. The van der Waals surface area contributed by atoms with Crippen LogP contribution in [0.2, 0.25) is 0 Å². The van der Waals surface area contributed by atoms with Gasteiger partial charge in [-0.1, -0.05) is 67.5 Å². The van der Waals surface area contributed by atoms with Crippen LogP contribution in [-0.2, 0) is 16.0 Å². The summed E-state index contributed by atoms with van der Waals surface area (Å²) in [5, 5.41) is 13.7. The zero-order valence-corrected chi connectivity index (χ0v) is 18.5. The van der Waals surface area contributed by atoms with Crippen LogP contribution < -0.4 is 0 Å². The van der Waals surface area contributed by atoms with Gasteiger partial charge in [-0.05, 0) is 48.1 Å². The van der Waals surface area contributed by atoms with E-state index in [1.165, 1.54) is 5.56 Å². The predicted octanol–water partition coefficient (Wildman–Crippen LogP) is 6.32. The van der Waals surface area contributed by atoms with E-state index in [0.29, 0.717) is 5.92 Å². The van der Waals surface area contributed by atoms with Crippen molar-refractivity contribution in [1.82, 2.24) is 5.16 Å². The first-order valence-corrected chi connectivity index (χ1v) is 11.5. The minimum Gasteiger partial charge on any atom is -0.481 e. The number of carbonyl (C=O) groups is 1. The van der Waals surface area contributed by atoms with Gasteiger partial charge in [-0.25, -0.2) is 0 Å². The van der Waals surface area contributed by atoms with Crippen LogP contribution in [0, 0.1) is 12.8 Å². The van der Waals surface area contributed by atoms with Gasteiger partial charge < -0.3 is 9.63 Å². The molecule has 0 saturated heterocycles. The van der Waals surface area contributed by atoms with E-state index in [1.807, 2.05) is 43.0 Å². The standard InChI is InChI=1S/C25H27NO3S/c1-16(2)14-30-15-22-17(3)26-29-23(22)20-6-4-18(5-7-20)19-8-10-21(11-9-19)25(12-13-25)24(27)28/h4-11,16H,12-15H2,1-3H3,(H,27,28). The number of aromatic nitrogens is 1. The van der Waals surface area contributed by atoms with E-state index in [4.69, 9.17) is 4.52 Å². The number of hydrogen-bond donors (Lipinski definition) is 1. The lowest BCUT2D eigenvalue weighted by Gasteiger charge is -2.11. The van der Waals surface area contributed by atoms with E-state index >= 15 is 0 Å². The first-order valence-electron chi connectivity index (χ1n) is 10.4. The van der Waals surface area contributed by atoms with Crippen molar-refractivity contribution in [1.29, 1.82) is 0 Å². The summed E-state index contributed by atoms with van der Waals surface area (Å²) < 4.78 is 5.65. The highest BCUT2D eigenvalue weighted by Crippen LogP contribution is 2.48. The van der Waals surface area contributed by atoms with Gasteiger partial charge in [0.05, 0.1) is 11.1 Å². The van der Waals surface area contributed by atoms with Crippen molar-refractivity contribution in [3.05, 3.63) is 65.4 Å². The largest absolute Gasteiger partial charge is 0.481 e. The molecule has 0 bridgehead atoms. The molecule has 1 aliphatic carbocycles. The average Bonchev–Trinajstić information content (AvgIpc) is 3.48. The van der Waals surface area contributed by atoms with Crippen LogP contribution in [-0.4, -0.2) is 22.0 Å². The Morgan fingerprint density at radius 1 is 1.07 bits per heavy atom. The predicted molar refractivity (Wildman–Crippen MR) is 122 cm³/mol. The molecule has 0 atom stereocenters. The first kappa shape index (κ1) is 20.7. The Balaban J connectivity index is 1.52. The molecule has 2 aromatic carbocycles. The fraction of sp³-hybridized carbons (Fsp3) is 0.360.